The van der Waals surface area contributed by atoms with Crippen LogP contribution in [0.5, 0.6) is 0 Å². The quantitative estimate of drug-likeness (QED) is 0.701. The van der Waals surface area contributed by atoms with Crippen LogP contribution in [0.25, 0.3) is 0 Å². The number of fused-ring (bicyclic) bond motifs is 2. The average Bonchev–Trinajstić information content (AvgIpc) is 2.38. The highest BCUT2D eigenvalue weighted by molar-refractivity contribution is 5.84. The minimum Gasteiger partial charge on any atom is -0.375 e. The molecule has 100 valence electrons. The molecule has 3 heterocycles. The summed E-state index contributed by atoms with van der Waals surface area (Å²) in [5.41, 5.74) is 0. The third kappa shape index (κ3) is 2.25. The Morgan fingerprint density at radius 3 is 2.94 bits per heavy atom. The van der Waals surface area contributed by atoms with Crippen molar-refractivity contribution in [1.82, 2.24) is 0 Å². The van der Waals surface area contributed by atoms with E-state index < -0.39 is 0 Å². The van der Waals surface area contributed by atoms with Crippen molar-refractivity contribution in [2.45, 2.75) is 62.6 Å². The lowest BCUT2D eigenvalue weighted by Crippen LogP contribution is -2.56. The first kappa shape index (κ1) is 12.3. The number of Topliss-reactive ketones (excluding diaryl/α,β-unsaturated/α-hetero) is 1. The van der Waals surface area contributed by atoms with Gasteiger partial charge in [-0.1, -0.05) is 6.08 Å². The second-order valence-corrected chi connectivity index (χ2v) is 5.36. The molecule has 18 heavy (non-hydrogen) atoms. The molecule has 0 N–H and O–H groups in total. The van der Waals surface area contributed by atoms with Crippen molar-refractivity contribution in [2.24, 2.45) is 0 Å². The van der Waals surface area contributed by atoms with Gasteiger partial charge in [0.15, 0.2) is 5.78 Å². The van der Waals surface area contributed by atoms with Gasteiger partial charge < -0.3 is 14.2 Å². The minimum absolute atomic E-state index is 0.00648. The third-order valence-electron chi connectivity index (χ3n) is 4.09. The normalized spacial score (nSPS) is 44.0. The minimum atomic E-state index is -0.326. The van der Waals surface area contributed by atoms with E-state index in [2.05, 4.69) is 6.58 Å². The van der Waals surface area contributed by atoms with E-state index in [-0.39, 0.29) is 36.3 Å². The summed E-state index contributed by atoms with van der Waals surface area (Å²) in [6, 6.07) is 0. The van der Waals surface area contributed by atoms with Crippen molar-refractivity contribution in [2.75, 3.05) is 6.61 Å². The first-order chi connectivity index (χ1) is 8.78. The monoisotopic (exact) mass is 252 g/mol. The zero-order valence-electron chi connectivity index (χ0n) is 10.5. The molecule has 3 aliphatic heterocycles. The van der Waals surface area contributed by atoms with E-state index >= 15 is 0 Å². The molecule has 0 radical (unpaired) electrons. The summed E-state index contributed by atoms with van der Waals surface area (Å²) in [7, 11) is 0. The Balaban J connectivity index is 1.68. The van der Waals surface area contributed by atoms with Crippen LogP contribution in [0.2, 0.25) is 0 Å². The number of rotatable bonds is 2. The van der Waals surface area contributed by atoms with Crippen molar-refractivity contribution < 1.29 is 19.0 Å². The maximum absolute atomic E-state index is 11.9. The first-order valence-corrected chi connectivity index (χ1v) is 6.84. The fourth-order valence-electron chi connectivity index (χ4n) is 3.16. The lowest BCUT2D eigenvalue weighted by molar-refractivity contribution is -0.234. The molecule has 0 aromatic heterocycles. The summed E-state index contributed by atoms with van der Waals surface area (Å²) in [6.45, 7) is 4.49. The SMILES string of the molecule is C=CC[C@H]1O[C@@H]2C[C@@H]3OCCC[C@H]3O[C@H]2CC1=O. The van der Waals surface area contributed by atoms with Crippen LogP contribution < -0.4 is 0 Å². The Bertz CT molecular complexity index is 341. The second kappa shape index (κ2) is 5.11. The lowest BCUT2D eigenvalue weighted by Gasteiger charge is -2.46. The number of hydrogen-bond donors (Lipinski definition) is 0. The fourth-order valence-corrected chi connectivity index (χ4v) is 3.16. The van der Waals surface area contributed by atoms with E-state index in [1.54, 1.807) is 6.08 Å². The first-order valence-electron chi connectivity index (χ1n) is 6.84. The van der Waals surface area contributed by atoms with E-state index in [1.165, 1.54) is 0 Å². The number of ketones is 1. The maximum Gasteiger partial charge on any atom is 0.164 e. The highest BCUT2D eigenvalue weighted by Gasteiger charge is 2.45. The summed E-state index contributed by atoms with van der Waals surface area (Å²) in [5.74, 6) is 0.145. The van der Waals surface area contributed by atoms with Crippen LogP contribution in [-0.4, -0.2) is 42.9 Å². The number of hydrogen-bond acceptors (Lipinski definition) is 4. The van der Waals surface area contributed by atoms with Crippen molar-refractivity contribution in [1.29, 1.82) is 0 Å². The molecule has 3 aliphatic rings. The molecule has 0 amide bonds. The summed E-state index contributed by atoms with van der Waals surface area (Å²) in [5, 5.41) is 0. The predicted octanol–water partition coefficient (Wildman–Crippen LogP) is 1.63. The fraction of sp³-hybridized carbons (Fsp3) is 0.786. The van der Waals surface area contributed by atoms with Crippen LogP contribution in [0.1, 0.15) is 32.1 Å². The molecule has 4 nitrogen and oxygen atoms in total. The predicted molar refractivity (Wildman–Crippen MR) is 65.4 cm³/mol. The largest absolute Gasteiger partial charge is 0.375 e. The lowest BCUT2D eigenvalue weighted by atomic mass is 9.88. The van der Waals surface area contributed by atoms with Crippen molar-refractivity contribution in [3.05, 3.63) is 12.7 Å². The third-order valence-corrected chi connectivity index (χ3v) is 4.09. The van der Waals surface area contributed by atoms with E-state index in [4.69, 9.17) is 14.2 Å². The molecular formula is C14H20O4. The highest BCUT2D eigenvalue weighted by Crippen LogP contribution is 2.35. The molecule has 3 saturated heterocycles. The molecule has 0 aromatic rings. The Hall–Kier alpha value is -0.710. The molecule has 3 rings (SSSR count). The topological polar surface area (TPSA) is 44.8 Å². The van der Waals surface area contributed by atoms with Crippen molar-refractivity contribution >= 4 is 5.78 Å². The van der Waals surface area contributed by atoms with Crippen LogP contribution in [0.4, 0.5) is 0 Å². The van der Waals surface area contributed by atoms with Gasteiger partial charge in [0.2, 0.25) is 0 Å². The van der Waals surface area contributed by atoms with E-state index in [9.17, 15) is 4.79 Å². The van der Waals surface area contributed by atoms with Crippen LogP contribution in [-0.2, 0) is 19.0 Å². The van der Waals surface area contributed by atoms with Gasteiger partial charge in [0.05, 0.1) is 24.4 Å². The zero-order valence-corrected chi connectivity index (χ0v) is 10.5. The van der Waals surface area contributed by atoms with Gasteiger partial charge in [0, 0.05) is 19.4 Å². The summed E-state index contributed by atoms with van der Waals surface area (Å²) >= 11 is 0. The molecule has 0 aromatic carbocycles. The van der Waals surface area contributed by atoms with E-state index in [1.807, 2.05) is 0 Å². The number of carbonyl (C=O) groups is 1. The Morgan fingerprint density at radius 1 is 1.22 bits per heavy atom. The van der Waals surface area contributed by atoms with Gasteiger partial charge in [-0.2, -0.15) is 0 Å². The van der Waals surface area contributed by atoms with Gasteiger partial charge in [-0.25, -0.2) is 0 Å². The molecule has 0 bridgehead atoms. The highest BCUT2D eigenvalue weighted by atomic mass is 16.6. The van der Waals surface area contributed by atoms with Crippen LogP contribution in [0.15, 0.2) is 12.7 Å². The van der Waals surface area contributed by atoms with Crippen molar-refractivity contribution in [3.63, 3.8) is 0 Å². The molecular weight excluding hydrogens is 232 g/mol. The van der Waals surface area contributed by atoms with Gasteiger partial charge in [0.1, 0.15) is 6.10 Å². The Morgan fingerprint density at radius 2 is 2.11 bits per heavy atom. The van der Waals surface area contributed by atoms with Gasteiger partial charge in [0.25, 0.3) is 0 Å². The Labute approximate surface area is 107 Å². The maximum atomic E-state index is 11.9. The summed E-state index contributed by atoms with van der Waals surface area (Å²) in [6.07, 6.45) is 5.68. The molecule has 0 spiro atoms. The summed E-state index contributed by atoms with van der Waals surface area (Å²) in [4.78, 5) is 11.9. The van der Waals surface area contributed by atoms with E-state index in [0.29, 0.717) is 12.8 Å². The van der Waals surface area contributed by atoms with Crippen LogP contribution in [0.3, 0.4) is 0 Å². The van der Waals surface area contributed by atoms with E-state index in [0.717, 1.165) is 25.9 Å². The molecule has 4 heteroatoms. The zero-order chi connectivity index (χ0) is 12.5. The molecule has 0 unspecified atom stereocenters. The van der Waals surface area contributed by atoms with Crippen molar-refractivity contribution in [3.8, 4) is 0 Å². The number of carbonyl (C=O) groups excluding carboxylic acids is 1. The molecule has 0 aliphatic carbocycles. The van der Waals surface area contributed by atoms with Crippen LogP contribution in [0, 0.1) is 0 Å². The smallest absolute Gasteiger partial charge is 0.164 e. The van der Waals surface area contributed by atoms with Gasteiger partial charge in [-0.15, -0.1) is 6.58 Å². The standard InChI is InChI=1S/C14H20O4/c1-2-4-10-9(15)7-13-14(17-10)8-12-11(18-13)5-3-6-16-12/h2,10-14H,1,3-8H2/t10-,11-,12+,13+,14-/m1/s1. The summed E-state index contributed by atoms with van der Waals surface area (Å²) < 4.78 is 17.6. The molecule has 0 saturated carbocycles. The second-order valence-electron chi connectivity index (χ2n) is 5.36. The van der Waals surface area contributed by atoms with Gasteiger partial charge in [-0.3, -0.25) is 4.79 Å². The molecule has 5 atom stereocenters. The average molecular weight is 252 g/mol. The van der Waals surface area contributed by atoms with Gasteiger partial charge >= 0.3 is 0 Å². The van der Waals surface area contributed by atoms with Crippen LogP contribution >= 0.6 is 0 Å². The van der Waals surface area contributed by atoms with Gasteiger partial charge in [-0.05, 0) is 19.3 Å². The Kier molecular flexibility index (Phi) is 3.50. The molecule has 3 fully saturated rings. The number of ether oxygens (including phenoxy) is 3.